The largest absolute Gasteiger partial charge is 0.493 e. The van der Waals surface area contributed by atoms with E-state index in [1.165, 1.54) is 0 Å². The lowest BCUT2D eigenvalue weighted by Gasteiger charge is -2.32. The van der Waals surface area contributed by atoms with Gasteiger partial charge in [-0.25, -0.2) is 0 Å². The molecule has 0 aromatic heterocycles. The van der Waals surface area contributed by atoms with Crippen LogP contribution in [0.2, 0.25) is 0 Å². The molecule has 1 aliphatic rings. The van der Waals surface area contributed by atoms with Gasteiger partial charge in [-0.15, -0.1) is 0 Å². The number of ether oxygens (including phenoxy) is 2. The molecule has 0 radical (unpaired) electrons. The third-order valence-electron chi connectivity index (χ3n) is 4.99. The number of rotatable bonds is 6. The number of para-hydroxylation sites is 1. The number of amides is 2. The van der Waals surface area contributed by atoms with Crippen LogP contribution >= 0.6 is 0 Å². The van der Waals surface area contributed by atoms with E-state index in [1.807, 2.05) is 42.5 Å². The molecule has 2 aromatic carbocycles. The van der Waals surface area contributed by atoms with E-state index in [1.54, 1.807) is 25.2 Å². The highest BCUT2D eigenvalue weighted by atomic mass is 16.5. The lowest BCUT2D eigenvalue weighted by atomic mass is 9.96. The molecule has 1 aliphatic heterocycles. The van der Waals surface area contributed by atoms with Gasteiger partial charge in [-0.1, -0.05) is 24.3 Å². The molecule has 1 heterocycles. The third-order valence-corrected chi connectivity index (χ3v) is 4.99. The van der Waals surface area contributed by atoms with Gasteiger partial charge in [0.15, 0.2) is 11.5 Å². The molecule has 0 unspecified atom stereocenters. The fourth-order valence-electron chi connectivity index (χ4n) is 3.46. The molecule has 0 saturated carbocycles. The van der Waals surface area contributed by atoms with E-state index in [0.717, 1.165) is 24.1 Å². The molecule has 0 aliphatic carbocycles. The summed E-state index contributed by atoms with van der Waals surface area (Å²) >= 11 is 0. The first-order valence-corrected chi connectivity index (χ1v) is 9.45. The second-order valence-corrected chi connectivity index (χ2v) is 6.90. The summed E-state index contributed by atoms with van der Waals surface area (Å²) in [6.45, 7) is 1.13. The Morgan fingerprint density at radius 1 is 1.07 bits per heavy atom. The summed E-state index contributed by atoms with van der Waals surface area (Å²) in [4.78, 5) is 27.1. The van der Waals surface area contributed by atoms with Crippen LogP contribution in [0.4, 0.5) is 5.69 Å². The maximum Gasteiger partial charge on any atom is 0.229 e. The Kier molecular flexibility index (Phi) is 6.53. The van der Waals surface area contributed by atoms with Gasteiger partial charge in [0.1, 0.15) is 0 Å². The lowest BCUT2D eigenvalue weighted by Crippen LogP contribution is -2.44. The lowest BCUT2D eigenvalue weighted by molar-refractivity contribution is -0.133. The van der Waals surface area contributed by atoms with Crippen molar-refractivity contribution in [2.24, 2.45) is 5.92 Å². The summed E-state index contributed by atoms with van der Waals surface area (Å²) in [6, 6.07) is 14.9. The fourth-order valence-corrected chi connectivity index (χ4v) is 3.46. The normalized spacial score (nSPS) is 16.4. The Labute approximate surface area is 165 Å². The molecule has 6 nitrogen and oxygen atoms in total. The molecule has 2 aromatic rings. The van der Waals surface area contributed by atoms with Crippen LogP contribution < -0.4 is 14.8 Å². The van der Waals surface area contributed by atoms with Crippen molar-refractivity contribution in [3.63, 3.8) is 0 Å². The predicted molar refractivity (Wildman–Crippen MR) is 108 cm³/mol. The molecule has 2 amide bonds. The number of likely N-dealkylation sites (tertiary alicyclic amines) is 1. The van der Waals surface area contributed by atoms with E-state index in [2.05, 4.69) is 5.32 Å². The second kappa shape index (κ2) is 9.26. The highest BCUT2D eigenvalue weighted by Crippen LogP contribution is 2.28. The standard InChI is InChI=1S/C22H26N2O4/c1-27-19-11-10-16(13-20(19)28-2)14-21(25)24-12-6-7-17(15-24)22(26)23-18-8-4-3-5-9-18/h3-5,8-11,13,17H,6-7,12,14-15H2,1-2H3,(H,23,26)/t17-/m1/s1. The smallest absolute Gasteiger partial charge is 0.229 e. The zero-order valence-electron chi connectivity index (χ0n) is 16.3. The Morgan fingerprint density at radius 3 is 2.54 bits per heavy atom. The molecular formula is C22H26N2O4. The van der Waals surface area contributed by atoms with E-state index in [-0.39, 0.29) is 24.2 Å². The van der Waals surface area contributed by atoms with Crippen molar-refractivity contribution in [2.45, 2.75) is 19.3 Å². The number of hydrogen-bond acceptors (Lipinski definition) is 4. The topological polar surface area (TPSA) is 67.9 Å². The molecule has 1 atom stereocenters. The summed E-state index contributed by atoms with van der Waals surface area (Å²) in [5, 5.41) is 2.94. The summed E-state index contributed by atoms with van der Waals surface area (Å²) in [7, 11) is 3.15. The molecule has 0 spiro atoms. The first kappa shape index (κ1) is 19.7. The van der Waals surface area contributed by atoms with Gasteiger partial charge in [0.05, 0.1) is 26.6 Å². The van der Waals surface area contributed by atoms with Crippen molar-refractivity contribution in [3.8, 4) is 11.5 Å². The van der Waals surface area contributed by atoms with Crippen LogP contribution in [0.1, 0.15) is 18.4 Å². The maximum atomic E-state index is 12.8. The van der Waals surface area contributed by atoms with Crippen LogP contribution in [-0.2, 0) is 16.0 Å². The summed E-state index contributed by atoms with van der Waals surface area (Å²) in [5.41, 5.74) is 1.64. The average Bonchev–Trinajstić information content (AvgIpc) is 2.74. The van der Waals surface area contributed by atoms with Crippen LogP contribution in [0.25, 0.3) is 0 Å². The molecule has 148 valence electrons. The number of anilines is 1. The van der Waals surface area contributed by atoms with Gasteiger partial charge in [-0.05, 0) is 42.7 Å². The van der Waals surface area contributed by atoms with Gasteiger partial charge in [-0.3, -0.25) is 9.59 Å². The molecule has 0 bridgehead atoms. The van der Waals surface area contributed by atoms with Crippen molar-refractivity contribution in [3.05, 3.63) is 54.1 Å². The monoisotopic (exact) mass is 382 g/mol. The molecule has 3 rings (SSSR count). The van der Waals surface area contributed by atoms with Crippen LogP contribution in [0.3, 0.4) is 0 Å². The second-order valence-electron chi connectivity index (χ2n) is 6.90. The molecular weight excluding hydrogens is 356 g/mol. The number of methoxy groups -OCH3 is 2. The average molecular weight is 382 g/mol. The Morgan fingerprint density at radius 2 is 1.82 bits per heavy atom. The van der Waals surface area contributed by atoms with Gasteiger partial charge < -0.3 is 19.7 Å². The van der Waals surface area contributed by atoms with Crippen LogP contribution in [0.15, 0.2) is 48.5 Å². The highest BCUT2D eigenvalue weighted by molar-refractivity contribution is 5.93. The first-order chi connectivity index (χ1) is 13.6. The van der Waals surface area contributed by atoms with Gasteiger partial charge in [0, 0.05) is 18.8 Å². The molecule has 1 saturated heterocycles. The Balaban J connectivity index is 1.60. The van der Waals surface area contributed by atoms with Gasteiger partial charge in [-0.2, -0.15) is 0 Å². The first-order valence-electron chi connectivity index (χ1n) is 9.45. The quantitative estimate of drug-likeness (QED) is 0.834. The number of piperidine rings is 1. The van der Waals surface area contributed by atoms with Crippen molar-refractivity contribution in [2.75, 3.05) is 32.6 Å². The third kappa shape index (κ3) is 4.82. The van der Waals surface area contributed by atoms with E-state index in [0.29, 0.717) is 24.6 Å². The minimum absolute atomic E-state index is 0.0180. The number of nitrogens with one attached hydrogen (secondary N) is 1. The van der Waals surface area contributed by atoms with Crippen LogP contribution in [0, 0.1) is 5.92 Å². The van der Waals surface area contributed by atoms with Gasteiger partial charge in [0.25, 0.3) is 0 Å². The van der Waals surface area contributed by atoms with Crippen molar-refractivity contribution in [1.82, 2.24) is 4.90 Å². The van der Waals surface area contributed by atoms with E-state index >= 15 is 0 Å². The number of hydrogen-bond donors (Lipinski definition) is 1. The van der Waals surface area contributed by atoms with Gasteiger partial charge >= 0.3 is 0 Å². The van der Waals surface area contributed by atoms with E-state index in [4.69, 9.17) is 9.47 Å². The fraction of sp³-hybridized carbons (Fsp3) is 0.364. The van der Waals surface area contributed by atoms with Crippen LogP contribution in [-0.4, -0.2) is 44.0 Å². The number of carbonyl (C=O) groups excluding carboxylic acids is 2. The maximum absolute atomic E-state index is 12.8. The van der Waals surface area contributed by atoms with E-state index in [9.17, 15) is 9.59 Å². The minimum atomic E-state index is -0.191. The van der Waals surface area contributed by atoms with Crippen molar-refractivity contribution < 1.29 is 19.1 Å². The molecule has 1 N–H and O–H groups in total. The minimum Gasteiger partial charge on any atom is -0.493 e. The zero-order chi connectivity index (χ0) is 19.9. The zero-order valence-corrected chi connectivity index (χ0v) is 16.3. The summed E-state index contributed by atoms with van der Waals surface area (Å²) in [5.74, 6) is 1.03. The number of carbonyl (C=O) groups is 2. The highest BCUT2D eigenvalue weighted by Gasteiger charge is 2.28. The Hall–Kier alpha value is -3.02. The molecule has 1 fully saturated rings. The van der Waals surface area contributed by atoms with E-state index < -0.39 is 0 Å². The molecule has 28 heavy (non-hydrogen) atoms. The van der Waals surface area contributed by atoms with Gasteiger partial charge in [0.2, 0.25) is 11.8 Å². The summed E-state index contributed by atoms with van der Waals surface area (Å²) < 4.78 is 10.5. The Bertz CT molecular complexity index is 823. The van der Waals surface area contributed by atoms with Crippen LogP contribution in [0.5, 0.6) is 11.5 Å². The SMILES string of the molecule is COc1ccc(CC(=O)N2CCC[C@@H](C(=O)Nc3ccccc3)C2)cc1OC. The van der Waals surface area contributed by atoms with Crippen molar-refractivity contribution in [1.29, 1.82) is 0 Å². The number of benzene rings is 2. The molecule has 6 heteroatoms. The summed E-state index contributed by atoms with van der Waals surface area (Å²) in [6.07, 6.45) is 1.89. The predicted octanol–water partition coefficient (Wildman–Crippen LogP) is 3.12. The van der Waals surface area contributed by atoms with Crippen molar-refractivity contribution >= 4 is 17.5 Å². The number of nitrogens with zero attached hydrogens (tertiary/aromatic N) is 1.